The number of anilines is 2. The molecule has 188 valence electrons. The van der Waals surface area contributed by atoms with Gasteiger partial charge in [0.25, 0.3) is 0 Å². The Labute approximate surface area is 207 Å². The zero-order valence-corrected chi connectivity index (χ0v) is 20.7. The van der Waals surface area contributed by atoms with E-state index in [4.69, 9.17) is 4.74 Å². The zero-order valence-electron chi connectivity index (χ0n) is 20.7. The fourth-order valence-corrected chi connectivity index (χ4v) is 4.30. The van der Waals surface area contributed by atoms with E-state index in [2.05, 4.69) is 27.4 Å². The summed E-state index contributed by atoms with van der Waals surface area (Å²) in [6.45, 7) is 3.74. The maximum atomic E-state index is 12.8. The van der Waals surface area contributed by atoms with Gasteiger partial charge in [-0.15, -0.1) is 0 Å². The van der Waals surface area contributed by atoms with Crippen molar-refractivity contribution in [1.29, 1.82) is 0 Å². The predicted octanol–water partition coefficient (Wildman–Crippen LogP) is 3.72. The van der Waals surface area contributed by atoms with Gasteiger partial charge in [0.05, 0.1) is 7.11 Å². The topological polar surface area (TPSA) is 101 Å². The van der Waals surface area contributed by atoms with Crippen LogP contribution in [0, 0.1) is 5.92 Å². The number of esters is 1. The number of aromatic nitrogens is 1. The van der Waals surface area contributed by atoms with Crippen molar-refractivity contribution in [1.82, 2.24) is 10.3 Å². The predicted molar refractivity (Wildman–Crippen MR) is 136 cm³/mol. The van der Waals surface area contributed by atoms with Crippen molar-refractivity contribution in [2.24, 2.45) is 5.92 Å². The monoisotopic (exact) mass is 480 g/mol. The summed E-state index contributed by atoms with van der Waals surface area (Å²) < 4.78 is 4.87. The molecule has 1 unspecified atom stereocenters. The van der Waals surface area contributed by atoms with Crippen molar-refractivity contribution in [3.8, 4) is 0 Å². The van der Waals surface area contributed by atoms with Crippen LogP contribution < -0.4 is 15.5 Å². The first-order valence-corrected chi connectivity index (χ1v) is 12.4. The number of carbonyl (C=O) groups is 3. The Balaban J connectivity index is 1.49. The summed E-state index contributed by atoms with van der Waals surface area (Å²) in [5, 5.41) is 5.80. The van der Waals surface area contributed by atoms with E-state index in [1.165, 1.54) is 7.11 Å². The van der Waals surface area contributed by atoms with E-state index in [-0.39, 0.29) is 17.7 Å². The molecule has 0 bridgehead atoms. The number of benzene rings is 1. The Morgan fingerprint density at radius 1 is 1.06 bits per heavy atom. The van der Waals surface area contributed by atoms with Gasteiger partial charge in [-0.3, -0.25) is 14.6 Å². The first-order valence-electron chi connectivity index (χ1n) is 12.4. The SMILES string of the molecule is CCCCCC(=O)NC(Cc1ccc(NC(=O)C2CCN(c3ccncc3)CC2)cc1)C(=O)OC. The highest BCUT2D eigenvalue weighted by molar-refractivity contribution is 5.92. The van der Waals surface area contributed by atoms with Crippen molar-refractivity contribution in [3.05, 3.63) is 54.4 Å². The number of unbranched alkanes of at least 4 members (excludes halogenated alkanes) is 2. The van der Waals surface area contributed by atoms with Gasteiger partial charge in [0.2, 0.25) is 11.8 Å². The molecule has 2 amide bonds. The zero-order chi connectivity index (χ0) is 25.0. The van der Waals surface area contributed by atoms with E-state index in [1.807, 2.05) is 36.4 Å². The molecule has 8 nitrogen and oxygen atoms in total. The molecule has 1 aliphatic rings. The van der Waals surface area contributed by atoms with E-state index < -0.39 is 12.0 Å². The van der Waals surface area contributed by atoms with Gasteiger partial charge in [-0.2, -0.15) is 0 Å². The third-order valence-electron chi connectivity index (χ3n) is 6.38. The molecule has 1 fully saturated rings. The summed E-state index contributed by atoms with van der Waals surface area (Å²) in [7, 11) is 1.32. The second-order valence-corrected chi connectivity index (χ2v) is 8.96. The molecule has 0 radical (unpaired) electrons. The molecule has 1 aromatic carbocycles. The molecule has 1 atom stereocenters. The Hall–Kier alpha value is -3.42. The van der Waals surface area contributed by atoms with Crippen LogP contribution >= 0.6 is 0 Å². The van der Waals surface area contributed by atoms with Gasteiger partial charge in [-0.1, -0.05) is 31.9 Å². The first kappa shape index (κ1) is 26.2. The van der Waals surface area contributed by atoms with E-state index in [1.54, 1.807) is 12.4 Å². The van der Waals surface area contributed by atoms with E-state index in [0.29, 0.717) is 18.5 Å². The lowest BCUT2D eigenvalue weighted by atomic mass is 9.95. The van der Waals surface area contributed by atoms with Gasteiger partial charge < -0.3 is 20.3 Å². The highest BCUT2D eigenvalue weighted by Gasteiger charge is 2.25. The fourth-order valence-electron chi connectivity index (χ4n) is 4.30. The molecule has 0 aliphatic carbocycles. The summed E-state index contributed by atoms with van der Waals surface area (Å²) in [6, 6.07) is 10.6. The van der Waals surface area contributed by atoms with E-state index in [0.717, 1.165) is 56.4 Å². The molecule has 3 rings (SSSR count). The molecule has 35 heavy (non-hydrogen) atoms. The fraction of sp³-hybridized carbons (Fsp3) is 0.481. The number of hydrogen-bond acceptors (Lipinski definition) is 6. The van der Waals surface area contributed by atoms with Crippen LogP contribution in [0.1, 0.15) is 51.0 Å². The van der Waals surface area contributed by atoms with E-state index in [9.17, 15) is 14.4 Å². The Morgan fingerprint density at radius 3 is 2.37 bits per heavy atom. The lowest BCUT2D eigenvalue weighted by molar-refractivity contribution is -0.145. The summed E-state index contributed by atoms with van der Waals surface area (Å²) in [5.74, 6) is -0.615. The van der Waals surface area contributed by atoms with Gasteiger partial charge in [-0.05, 0) is 49.1 Å². The van der Waals surface area contributed by atoms with Gasteiger partial charge in [-0.25, -0.2) is 4.79 Å². The second kappa shape index (κ2) is 13.5. The molecule has 1 saturated heterocycles. The number of amides is 2. The minimum Gasteiger partial charge on any atom is -0.467 e. The Bertz CT molecular complexity index is 957. The first-order chi connectivity index (χ1) is 17.0. The van der Waals surface area contributed by atoms with E-state index >= 15 is 0 Å². The third kappa shape index (κ3) is 8.09. The van der Waals surface area contributed by atoms with Gasteiger partial charge >= 0.3 is 5.97 Å². The molecule has 1 aliphatic heterocycles. The van der Waals surface area contributed by atoms with Crippen molar-refractivity contribution < 1.29 is 19.1 Å². The van der Waals surface area contributed by atoms with Gasteiger partial charge in [0.15, 0.2) is 0 Å². The maximum absolute atomic E-state index is 12.8. The van der Waals surface area contributed by atoms with Gasteiger partial charge in [0.1, 0.15) is 6.04 Å². The molecule has 2 aromatic rings. The van der Waals surface area contributed by atoms with Crippen molar-refractivity contribution in [3.63, 3.8) is 0 Å². The molecule has 2 N–H and O–H groups in total. The summed E-state index contributed by atoms with van der Waals surface area (Å²) in [6.07, 6.45) is 8.69. The average molecular weight is 481 g/mol. The van der Waals surface area contributed by atoms with Crippen LogP contribution in [-0.4, -0.2) is 49.0 Å². The van der Waals surface area contributed by atoms with Crippen molar-refractivity contribution in [2.75, 3.05) is 30.4 Å². The molecule has 2 heterocycles. The molecule has 1 aromatic heterocycles. The Kier molecular flexibility index (Phi) is 10.1. The quantitative estimate of drug-likeness (QED) is 0.376. The minimum atomic E-state index is -0.736. The van der Waals surface area contributed by atoms with Crippen molar-refractivity contribution >= 4 is 29.2 Å². The van der Waals surface area contributed by atoms with Gasteiger partial charge in [0, 0.05) is 55.6 Å². The normalized spacial score (nSPS) is 14.7. The number of pyridine rings is 1. The molecule has 0 saturated carbocycles. The highest BCUT2D eigenvalue weighted by Crippen LogP contribution is 2.24. The molecule has 8 heteroatoms. The van der Waals surface area contributed by atoms with Crippen LogP contribution in [0.3, 0.4) is 0 Å². The number of nitrogens with one attached hydrogen (secondary N) is 2. The molecular formula is C27H36N4O4. The number of hydrogen-bond donors (Lipinski definition) is 2. The standard InChI is InChI=1S/C27H36N4O4/c1-3-4-5-6-25(32)30-24(27(34)35-2)19-20-7-9-22(10-8-20)29-26(33)21-13-17-31(18-14-21)23-11-15-28-16-12-23/h7-12,15-16,21,24H,3-6,13-14,17-19H2,1-2H3,(H,29,33)(H,30,32). The number of ether oxygens (including phenoxy) is 1. The van der Waals surface area contributed by atoms with Crippen LogP contribution in [-0.2, 0) is 25.5 Å². The number of carbonyl (C=O) groups excluding carboxylic acids is 3. The largest absolute Gasteiger partial charge is 0.467 e. The third-order valence-corrected chi connectivity index (χ3v) is 6.38. The average Bonchev–Trinajstić information content (AvgIpc) is 2.89. The van der Waals surface area contributed by atoms with Crippen molar-refractivity contribution in [2.45, 2.75) is 57.9 Å². The smallest absolute Gasteiger partial charge is 0.328 e. The summed E-state index contributed by atoms with van der Waals surface area (Å²) in [4.78, 5) is 43.5. The van der Waals surface area contributed by atoms with Crippen LogP contribution in [0.15, 0.2) is 48.8 Å². The lowest BCUT2D eigenvalue weighted by Crippen LogP contribution is -2.43. The lowest BCUT2D eigenvalue weighted by Gasteiger charge is -2.32. The molecular weight excluding hydrogens is 444 g/mol. The van der Waals surface area contributed by atoms with Crippen LogP contribution in [0.4, 0.5) is 11.4 Å². The number of nitrogens with zero attached hydrogens (tertiary/aromatic N) is 2. The maximum Gasteiger partial charge on any atom is 0.328 e. The summed E-state index contributed by atoms with van der Waals surface area (Å²) in [5.41, 5.74) is 2.73. The second-order valence-electron chi connectivity index (χ2n) is 8.96. The highest BCUT2D eigenvalue weighted by atomic mass is 16.5. The summed E-state index contributed by atoms with van der Waals surface area (Å²) >= 11 is 0. The minimum absolute atomic E-state index is 0.0268. The van der Waals surface area contributed by atoms with Crippen LogP contribution in [0.25, 0.3) is 0 Å². The number of piperidine rings is 1. The number of rotatable bonds is 11. The Morgan fingerprint density at radius 2 is 1.74 bits per heavy atom. The van der Waals surface area contributed by atoms with Crippen LogP contribution in [0.5, 0.6) is 0 Å². The molecule has 0 spiro atoms. The van der Waals surface area contributed by atoms with Crippen LogP contribution in [0.2, 0.25) is 0 Å². The number of methoxy groups -OCH3 is 1.